The van der Waals surface area contributed by atoms with Crippen molar-refractivity contribution < 1.29 is 9.59 Å². The third kappa shape index (κ3) is 4.79. The van der Waals surface area contributed by atoms with Gasteiger partial charge in [-0.3, -0.25) is 9.59 Å². The Morgan fingerprint density at radius 1 is 1.00 bits per heavy atom. The van der Waals surface area contributed by atoms with Gasteiger partial charge in [-0.25, -0.2) is 4.68 Å². The summed E-state index contributed by atoms with van der Waals surface area (Å²) in [5, 5.41) is 7.35. The average molecular weight is 467 g/mol. The minimum atomic E-state index is -0.112. The number of nitrogens with zero attached hydrogens (tertiary/aromatic N) is 3. The van der Waals surface area contributed by atoms with Gasteiger partial charge in [0, 0.05) is 35.1 Å². The molecule has 1 N–H and O–H groups in total. The van der Waals surface area contributed by atoms with E-state index in [9.17, 15) is 9.59 Å². The Morgan fingerprint density at radius 2 is 1.70 bits per heavy atom. The van der Waals surface area contributed by atoms with E-state index in [2.05, 4.69) is 26.3 Å². The molecular formula is C23H23BrN4O2. The summed E-state index contributed by atoms with van der Waals surface area (Å²) < 4.78 is 2.74. The fourth-order valence-electron chi connectivity index (χ4n) is 3.67. The van der Waals surface area contributed by atoms with Gasteiger partial charge in [0.05, 0.1) is 12.7 Å². The number of nitrogens with one attached hydrogen (secondary N) is 1. The first-order valence-electron chi connectivity index (χ1n) is 10.0. The van der Waals surface area contributed by atoms with Crippen LogP contribution >= 0.6 is 15.9 Å². The number of halogens is 1. The molecule has 0 saturated carbocycles. The Kier molecular flexibility index (Phi) is 6.28. The van der Waals surface area contributed by atoms with Crippen molar-refractivity contribution in [1.29, 1.82) is 0 Å². The molecule has 1 aliphatic heterocycles. The van der Waals surface area contributed by atoms with Crippen molar-refractivity contribution in [1.82, 2.24) is 14.7 Å². The zero-order valence-corrected chi connectivity index (χ0v) is 18.1. The van der Waals surface area contributed by atoms with E-state index in [1.54, 1.807) is 10.9 Å². The normalized spacial score (nSPS) is 14.5. The summed E-state index contributed by atoms with van der Waals surface area (Å²) in [4.78, 5) is 27.3. The molecular weight excluding hydrogens is 444 g/mol. The highest BCUT2D eigenvalue weighted by Gasteiger charge is 2.28. The second kappa shape index (κ2) is 9.26. The molecule has 3 aromatic rings. The highest BCUT2D eigenvalue weighted by atomic mass is 79.9. The number of rotatable bonds is 5. The fourth-order valence-corrected chi connectivity index (χ4v) is 3.93. The van der Waals surface area contributed by atoms with E-state index in [0.29, 0.717) is 43.9 Å². The Labute approximate surface area is 184 Å². The van der Waals surface area contributed by atoms with Crippen molar-refractivity contribution >= 4 is 33.6 Å². The van der Waals surface area contributed by atoms with Crippen LogP contribution in [-0.2, 0) is 11.3 Å². The quantitative estimate of drug-likeness (QED) is 0.612. The van der Waals surface area contributed by atoms with Gasteiger partial charge in [-0.2, -0.15) is 5.10 Å². The van der Waals surface area contributed by atoms with Crippen molar-refractivity contribution in [2.45, 2.75) is 19.4 Å². The molecule has 2 aromatic carbocycles. The zero-order chi connectivity index (χ0) is 20.9. The van der Waals surface area contributed by atoms with Crippen LogP contribution in [0.15, 0.2) is 71.3 Å². The highest BCUT2D eigenvalue weighted by molar-refractivity contribution is 9.10. The first kappa shape index (κ1) is 20.3. The van der Waals surface area contributed by atoms with Gasteiger partial charge in [-0.1, -0.05) is 46.3 Å². The Hall–Kier alpha value is -2.93. The minimum Gasteiger partial charge on any atom is -0.339 e. The Balaban J connectivity index is 1.32. The number of hydrogen-bond acceptors (Lipinski definition) is 3. The van der Waals surface area contributed by atoms with Gasteiger partial charge >= 0.3 is 0 Å². The molecule has 0 bridgehead atoms. The standard InChI is InChI=1S/C23H23BrN4O2/c24-20-8-6-19(7-9-20)23(30)27-14-11-18(12-15-27)22(29)26-21-10-13-25-28(21)16-17-4-2-1-3-5-17/h1-10,13,18H,11-12,14-16H2,(H,26,29). The molecule has 1 fully saturated rings. The average Bonchev–Trinajstić information content (AvgIpc) is 3.21. The molecule has 1 saturated heterocycles. The molecule has 0 atom stereocenters. The fraction of sp³-hybridized carbons (Fsp3) is 0.261. The summed E-state index contributed by atoms with van der Waals surface area (Å²) in [6, 6.07) is 19.2. The maximum atomic E-state index is 12.8. The van der Waals surface area contributed by atoms with E-state index in [0.717, 1.165) is 10.0 Å². The summed E-state index contributed by atoms with van der Waals surface area (Å²) in [5.74, 6) is 0.583. The van der Waals surface area contributed by atoms with Crippen LogP contribution in [0.1, 0.15) is 28.8 Å². The van der Waals surface area contributed by atoms with Crippen LogP contribution in [0.4, 0.5) is 5.82 Å². The monoisotopic (exact) mass is 466 g/mol. The lowest BCUT2D eigenvalue weighted by Crippen LogP contribution is -2.41. The van der Waals surface area contributed by atoms with Crippen molar-refractivity contribution in [2.24, 2.45) is 5.92 Å². The molecule has 0 spiro atoms. The maximum Gasteiger partial charge on any atom is 0.253 e. The van der Waals surface area contributed by atoms with Gasteiger partial charge in [0.2, 0.25) is 5.91 Å². The van der Waals surface area contributed by atoms with Gasteiger partial charge in [-0.05, 0) is 42.7 Å². The van der Waals surface area contributed by atoms with Crippen molar-refractivity contribution in [3.63, 3.8) is 0 Å². The van der Waals surface area contributed by atoms with Crippen LogP contribution in [0, 0.1) is 5.92 Å². The van der Waals surface area contributed by atoms with E-state index in [-0.39, 0.29) is 17.7 Å². The smallest absolute Gasteiger partial charge is 0.253 e. The third-order valence-corrected chi connectivity index (χ3v) is 5.92. The van der Waals surface area contributed by atoms with Crippen molar-refractivity contribution in [3.05, 3.63) is 82.5 Å². The molecule has 0 unspecified atom stereocenters. The summed E-state index contributed by atoms with van der Waals surface area (Å²) in [6.45, 7) is 1.76. The SMILES string of the molecule is O=C(Nc1ccnn1Cc1ccccc1)C1CCN(C(=O)c2ccc(Br)cc2)CC1. The number of carbonyl (C=O) groups excluding carboxylic acids is 2. The van der Waals surface area contributed by atoms with Gasteiger partial charge in [0.1, 0.15) is 5.82 Å². The molecule has 0 aliphatic carbocycles. The molecule has 7 heteroatoms. The van der Waals surface area contributed by atoms with E-state index in [1.165, 1.54) is 0 Å². The van der Waals surface area contributed by atoms with Crippen LogP contribution in [0.3, 0.4) is 0 Å². The largest absolute Gasteiger partial charge is 0.339 e. The number of amides is 2. The van der Waals surface area contributed by atoms with Crippen LogP contribution in [0.5, 0.6) is 0 Å². The predicted molar refractivity (Wildman–Crippen MR) is 119 cm³/mol. The Bertz CT molecular complexity index is 1010. The van der Waals surface area contributed by atoms with Crippen LogP contribution in [0.2, 0.25) is 0 Å². The number of anilines is 1. The number of hydrogen-bond donors (Lipinski definition) is 1. The molecule has 1 aliphatic rings. The lowest BCUT2D eigenvalue weighted by atomic mass is 9.95. The molecule has 154 valence electrons. The molecule has 2 heterocycles. The number of carbonyl (C=O) groups is 2. The molecule has 2 amide bonds. The third-order valence-electron chi connectivity index (χ3n) is 5.39. The van der Waals surface area contributed by atoms with E-state index in [1.807, 2.05) is 65.6 Å². The highest BCUT2D eigenvalue weighted by Crippen LogP contribution is 2.22. The first-order valence-corrected chi connectivity index (χ1v) is 10.8. The maximum absolute atomic E-state index is 12.8. The van der Waals surface area contributed by atoms with Crippen LogP contribution in [-0.4, -0.2) is 39.6 Å². The van der Waals surface area contributed by atoms with E-state index in [4.69, 9.17) is 0 Å². The summed E-state index contributed by atoms with van der Waals surface area (Å²) >= 11 is 3.39. The topological polar surface area (TPSA) is 67.2 Å². The summed E-state index contributed by atoms with van der Waals surface area (Å²) in [5.41, 5.74) is 1.79. The molecule has 4 rings (SSSR count). The summed E-state index contributed by atoms with van der Waals surface area (Å²) in [6.07, 6.45) is 3.00. The van der Waals surface area contributed by atoms with Crippen molar-refractivity contribution in [3.8, 4) is 0 Å². The summed E-state index contributed by atoms with van der Waals surface area (Å²) in [7, 11) is 0. The van der Waals surface area contributed by atoms with E-state index >= 15 is 0 Å². The lowest BCUT2D eigenvalue weighted by molar-refractivity contribution is -0.121. The molecule has 30 heavy (non-hydrogen) atoms. The number of likely N-dealkylation sites (tertiary alicyclic amines) is 1. The molecule has 0 radical (unpaired) electrons. The van der Waals surface area contributed by atoms with Crippen LogP contribution in [0.25, 0.3) is 0 Å². The lowest BCUT2D eigenvalue weighted by Gasteiger charge is -2.31. The minimum absolute atomic E-state index is 0.0134. The first-order chi connectivity index (χ1) is 14.6. The van der Waals surface area contributed by atoms with E-state index < -0.39 is 0 Å². The van der Waals surface area contributed by atoms with Crippen molar-refractivity contribution in [2.75, 3.05) is 18.4 Å². The second-order valence-electron chi connectivity index (χ2n) is 7.42. The predicted octanol–water partition coefficient (Wildman–Crippen LogP) is 4.18. The molecule has 1 aromatic heterocycles. The second-order valence-corrected chi connectivity index (χ2v) is 8.34. The number of benzene rings is 2. The number of piperidine rings is 1. The van der Waals surface area contributed by atoms with Gasteiger partial charge in [-0.15, -0.1) is 0 Å². The van der Waals surface area contributed by atoms with Gasteiger partial charge in [0.15, 0.2) is 0 Å². The molecule has 6 nitrogen and oxygen atoms in total. The Morgan fingerprint density at radius 3 is 2.40 bits per heavy atom. The van der Waals surface area contributed by atoms with Crippen LogP contribution < -0.4 is 5.32 Å². The zero-order valence-electron chi connectivity index (χ0n) is 16.5. The van der Waals surface area contributed by atoms with Gasteiger partial charge in [0.25, 0.3) is 5.91 Å². The van der Waals surface area contributed by atoms with Gasteiger partial charge < -0.3 is 10.2 Å². The number of aromatic nitrogens is 2.